The van der Waals surface area contributed by atoms with Crippen LogP contribution < -0.4 is 5.32 Å². The second kappa shape index (κ2) is 6.35. The van der Waals surface area contributed by atoms with E-state index in [4.69, 9.17) is 0 Å². The van der Waals surface area contributed by atoms with E-state index in [-0.39, 0.29) is 5.54 Å². The molecule has 0 bridgehead atoms. The maximum absolute atomic E-state index is 3.91. The molecule has 0 saturated carbocycles. The quantitative estimate of drug-likeness (QED) is 0.760. The van der Waals surface area contributed by atoms with Crippen LogP contribution in [0.25, 0.3) is 0 Å². The van der Waals surface area contributed by atoms with E-state index < -0.39 is 0 Å². The first-order chi connectivity index (χ1) is 9.24. The highest BCUT2D eigenvalue weighted by molar-refractivity contribution is 5.22. The van der Waals surface area contributed by atoms with Crippen molar-refractivity contribution >= 4 is 0 Å². The van der Waals surface area contributed by atoms with Crippen LogP contribution in [0.2, 0.25) is 0 Å². The zero-order valence-corrected chi connectivity index (χ0v) is 11.5. The van der Waals surface area contributed by atoms with E-state index in [9.17, 15) is 0 Å². The van der Waals surface area contributed by atoms with Gasteiger partial charge in [-0.2, -0.15) is 0 Å². The summed E-state index contributed by atoms with van der Waals surface area (Å²) in [4.78, 5) is 0. The van der Waals surface area contributed by atoms with E-state index in [1.807, 2.05) is 6.08 Å². The van der Waals surface area contributed by atoms with Crippen molar-refractivity contribution in [3.05, 3.63) is 84.4 Å². The normalized spacial score (nSPS) is 13.7. The lowest BCUT2D eigenvalue weighted by atomic mass is 9.88. The predicted octanol–water partition coefficient (Wildman–Crippen LogP) is 3.24. The number of rotatable bonds is 6. The molecule has 1 nitrogen and oxygen atoms in total. The van der Waals surface area contributed by atoms with E-state index in [0.29, 0.717) is 0 Å². The predicted molar refractivity (Wildman–Crippen MR) is 80.7 cm³/mol. The SMILES string of the molecule is C=CC[C@@](C)([NH2+]Cc1ccccc1)c1ccccc1. The van der Waals surface area contributed by atoms with Crippen molar-refractivity contribution in [3.8, 4) is 0 Å². The lowest BCUT2D eigenvalue weighted by molar-refractivity contribution is -0.747. The third-order valence-electron chi connectivity index (χ3n) is 3.63. The Labute approximate surface area is 116 Å². The zero-order chi connectivity index (χ0) is 13.6. The summed E-state index contributed by atoms with van der Waals surface area (Å²) in [5.41, 5.74) is 2.76. The summed E-state index contributed by atoms with van der Waals surface area (Å²) in [6.45, 7) is 7.18. The van der Waals surface area contributed by atoms with Gasteiger partial charge in [0.25, 0.3) is 0 Å². The highest BCUT2D eigenvalue weighted by atomic mass is 15.0. The topological polar surface area (TPSA) is 16.6 Å². The third-order valence-corrected chi connectivity index (χ3v) is 3.63. The van der Waals surface area contributed by atoms with Crippen LogP contribution in [0.1, 0.15) is 24.5 Å². The van der Waals surface area contributed by atoms with Crippen LogP contribution in [0.15, 0.2) is 73.3 Å². The van der Waals surface area contributed by atoms with Gasteiger partial charge in [0.2, 0.25) is 0 Å². The maximum Gasteiger partial charge on any atom is 0.123 e. The van der Waals surface area contributed by atoms with E-state index in [1.165, 1.54) is 11.1 Å². The molecule has 0 radical (unpaired) electrons. The van der Waals surface area contributed by atoms with E-state index >= 15 is 0 Å². The molecule has 0 aliphatic rings. The van der Waals surface area contributed by atoms with Crippen LogP contribution in [0.4, 0.5) is 0 Å². The van der Waals surface area contributed by atoms with Crippen LogP contribution in [0.3, 0.4) is 0 Å². The molecule has 2 N–H and O–H groups in total. The molecule has 19 heavy (non-hydrogen) atoms. The Balaban J connectivity index is 2.14. The summed E-state index contributed by atoms with van der Waals surface area (Å²) in [7, 11) is 0. The first-order valence-electron chi connectivity index (χ1n) is 6.79. The highest BCUT2D eigenvalue weighted by Crippen LogP contribution is 2.20. The molecule has 0 unspecified atom stereocenters. The Hall–Kier alpha value is -1.86. The summed E-state index contributed by atoms with van der Waals surface area (Å²) < 4.78 is 0. The van der Waals surface area contributed by atoms with Crippen molar-refractivity contribution in [2.45, 2.75) is 25.4 Å². The van der Waals surface area contributed by atoms with Crippen molar-refractivity contribution in [2.24, 2.45) is 0 Å². The van der Waals surface area contributed by atoms with Crippen LogP contribution in [-0.2, 0) is 12.1 Å². The van der Waals surface area contributed by atoms with Gasteiger partial charge in [-0.25, -0.2) is 0 Å². The number of quaternary nitrogens is 1. The summed E-state index contributed by atoms with van der Waals surface area (Å²) in [5.74, 6) is 0. The van der Waals surface area contributed by atoms with Gasteiger partial charge in [-0.15, -0.1) is 6.58 Å². The minimum absolute atomic E-state index is 0.0544. The first-order valence-corrected chi connectivity index (χ1v) is 6.79. The molecular weight excluding hydrogens is 230 g/mol. The number of benzene rings is 2. The first kappa shape index (κ1) is 13.6. The molecule has 0 amide bonds. The van der Waals surface area contributed by atoms with Gasteiger partial charge < -0.3 is 5.32 Å². The van der Waals surface area contributed by atoms with Crippen molar-refractivity contribution in [3.63, 3.8) is 0 Å². The molecule has 0 saturated heterocycles. The van der Waals surface area contributed by atoms with Crippen molar-refractivity contribution in [1.29, 1.82) is 0 Å². The van der Waals surface area contributed by atoms with Gasteiger partial charge in [-0.05, 0) is 6.92 Å². The summed E-state index contributed by atoms with van der Waals surface area (Å²) in [5, 5.41) is 2.40. The van der Waals surface area contributed by atoms with Gasteiger partial charge in [0, 0.05) is 17.5 Å². The molecular formula is C18H22N+. The number of nitrogens with two attached hydrogens (primary N) is 1. The van der Waals surface area contributed by atoms with Crippen molar-refractivity contribution < 1.29 is 5.32 Å². The average molecular weight is 252 g/mol. The maximum atomic E-state index is 3.91. The molecule has 0 aliphatic carbocycles. The fraction of sp³-hybridized carbons (Fsp3) is 0.222. The molecule has 1 heteroatoms. The molecule has 0 aromatic heterocycles. The summed E-state index contributed by atoms with van der Waals surface area (Å²) in [6, 6.07) is 21.3. The molecule has 2 rings (SSSR count). The van der Waals surface area contributed by atoms with Crippen LogP contribution >= 0.6 is 0 Å². The molecule has 98 valence electrons. The Kier molecular flexibility index (Phi) is 4.53. The number of hydrogen-bond acceptors (Lipinski definition) is 0. The second-order valence-electron chi connectivity index (χ2n) is 5.17. The van der Waals surface area contributed by atoms with Crippen molar-refractivity contribution in [1.82, 2.24) is 0 Å². The Bertz CT molecular complexity index is 504. The van der Waals surface area contributed by atoms with Gasteiger partial charge in [-0.3, -0.25) is 0 Å². The Morgan fingerprint density at radius 2 is 1.58 bits per heavy atom. The average Bonchev–Trinajstić information content (AvgIpc) is 2.48. The van der Waals surface area contributed by atoms with Gasteiger partial charge in [-0.1, -0.05) is 66.7 Å². The fourth-order valence-corrected chi connectivity index (χ4v) is 2.39. The van der Waals surface area contributed by atoms with Gasteiger partial charge in [0.15, 0.2) is 0 Å². The Morgan fingerprint density at radius 3 is 2.16 bits per heavy atom. The van der Waals surface area contributed by atoms with Gasteiger partial charge in [0.1, 0.15) is 12.1 Å². The molecule has 0 fully saturated rings. The minimum Gasteiger partial charge on any atom is -0.334 e. The molecule has 1 atom stereocenters. The van der Waals surface area contributed by atoms with E-state index in [2.05, 4.69) is 79.5 Å². The fourth-order valence-electron chi connectivity index (χ4n) is 2.39. The minimum atomic E-state index is 0.0544. The van der Waals surface area contributed by atoms with Gasteiger partial charge >= 0.3 is 0 Å². The lowest BCUT2D eigenvalue weighted by Gasteiger charge is -2.27. The van der Waals surface area contributed by atoms with E-state index in [1.54, 1.807) is 0 Å². The Morgan fingerprint density at radius 1 is 1.00 bits per heavy atom. The lowest BCUT2D eigenvalue weighted by Crippen LogP contribution is -2.92. The monoisotopic (exact) mass is 252 g/mol. The smallest absolute Gasteiger partial charge is 0.123 e. The zero-order valence-electron chi connectivity index (χ0n) is 11.5. The van der Waals surface area contributed by atoms with Crippen LogP contribution in [0.5, 0.6) is 0 Å². The standard InChI is InChI=1S/C18H21N/c1-3-14-18(2,17-12-8-5-9-13-17)19-15-16-10-6-4-7-11-16/h3-13,19H,1,14-15H2,2H3/p+1/t18-/m1/s1. The van der Waals surface area contributed by atoms with E-state index in [0.717, 1.165) is 13.0 Å². The van der Waals surface area contributed by atoms with Crippen LogP contribution in [-0.4, -0.2) is 0 Å². The molecule has 2 aromatic carbocycles. The molecule has 0 heterocycles. The largest absolute Gasteiger partial charge is 0.334 e. The number of hydrogen-bond donors (Lipinski definition) is 1. The summed E-state index contributed by atoms with van der Waals surface area (Å²) in [6.07, 6.45) is 2.97. The van der Waals surface area contributed by atoms with Crippen LogP contribution in [0, 0.1) is 0 Å². The second-order valence-corrected chi connectivity index (χ2v) is 5.17. The third kappa shape index (κ3) is 3.55. The summed E-state index contributed by atoms with van der Waals surface area (Å²) >= 11 is 0. The molecule has 0 aliphatic heterocycles. The van der Waals surface area contributed by atoms with Crippen molar-refractivity contribution in [2.75, 3.05) is 0 Å². The highest BCUT2D eigenvalue weighted by Gasteiger charge is 2.28. The molecule has 2 aromatic rings. The van der Waals surface area contributed by atoms with Gasteiger partial charge in [0.05, 0.1) is 0 Å². The molecule has 0 spiro atoms.